The van der Waals surface area contributed by atoms with Crippen LogP contribution in [0, 0.1) is 0 Å². The first-order valence-corrected chi connectivity index (χ1v) is 15.4. The van der Waals surface area contributed by atoms with E-state index in [0.29, 0.717) is 32.7 Å². The Kier molecular flexibility index (Phi) is 6.67. The van der Waals surface area contributed by atoms with Crippen LogP contribution in [-0.4, -0.2) is 8.07 Å². The summed E-state index contributed by atoms with van der Waals surface area (Å²) >= 11 is 0. The molecule has 0 bridgehead atoms. The summed E-state index contributed by atoms with van der Waals surface area (Å²) in [6, 6.07) is 28.7. The third-order valence-corrected chi connectivity index (χ3v) is 10.7. The topological polar surface area (TPSA) is 0 Å². The molecule has 7 heteroatoms. The number of alkyl halides is 6. The minimum absolute atomic E-state index is 0.00782. The van der Waals surface area contributed by atoms with Crippen molar-refractivity contribution in [2.24, 2.45) is 0 Å². The van der Waals surface area contributed by atoms with E-state index in [1.54, 1.807) is 72.8 Å². The normalized spacial score (nSPS) is 15.7. The molecule has 198 valence electrons. The van der Waals surface area contributed by atoms with Crippen LogP contribution in [0.2, 0.25) is 13.1 Å². The summed E-state index contributed by atoms with van der Waals surface area (Å²) in [6.45, 7) is 3.69. The zero-order valence-corrected chi connectivity index (χ0v) is 22.2. The fourth-order valence-corrected chi connectivity index (χ4v) is 9.45. The van der Waals surface area contributed by atoms with Gasteiger partial charge in [0.2, 0.25) is 0 Å². The molecule has 4 aromatic rings. The molecule has 0 amide bonds. The molecular formula is C32H24F6Si. The van der Waals surface area contributed by atoms with Crippen molar-refractivity contribution >= 4 is 29.6 Å². The largest absolute Gasteiger partial charge is 0.416 e. The molecule has 0 nitrogen and oxygen atoms in total. The average molecular weight is 551 g/mol. The Balaban J connectivity index is 1.98. The molecule has 0 unspecified atom stereocenters. The van der Waals surface area contributed by atoms with Crippen LogP contribution in [-0.2, 0) is 12.4 Å². The van der Waals surface area contributed by atoms with Crippen molar-refractivity contribution < 1.29 is 26.3 Å². The monoisotopic (exact) mass is 550 g/mol. The van der Waals surface area contributed by atoms with Gasteiger partial charge in [0.05, 0.1) is 11.1 Å². The molecule has 0 atom stereocenters. The van der Waals surface area contributed by atoms with Crippen molar-refractivity contribution in [3.63, 3.8) is 0 Å². The quantitative estimate of drug-likeness (QED) is 0.175. The van der Waals surface area contributed by atoms with Crippen molar-refractivity contribution in [1.29, 1.82) is 0 Å². The summed E-state index contributed by atoms with van der Waals surface area (Å²) in [6.07, 6.45) is -9.29. The second kappa shape index (κ2) is 9.72. The van der Waals surface area contributed by atoms with Gasteiger partial charge in [0, 0.05) is 0 Å². The van der Waals surface area contributed by atoms with Gasteiger partial charge in [0.1, 0.15) is 8.07 Å². The molecule has 0 saturated heterocycles. The first kappa shape index (κ1) is 26.8. The maximum atomic E-state index is 14.4. The molecule has 0 aromatic heterocycles. The highest BCUT2D eigenvalue weighted by Gasteiger charge is 2.48. The molecule has 1 aliphatic rings. The molecule has 5 rings (SSSR count). The van der Waals surface area contributed by atoms with Gasteiger partial charge in [0.25, 0.3) is 0 Å². The fourth-order valence-electron chi connectivity index (χ4n) is 5.63. The zero-order chi connectivity index (χ0) is 28.0. The lowest BCUT2D eigenvalue weighted by Gasteiger charge is -2.29. The molecule has 0 saturated carbocycles. The number of hydrogen-bond acceptors (Lipinski definition) is 0. The lowest BCUT2D eigenvalue weighted by Crippen LogP contribution is -2.30. The molecule has 0 N–H and O–H groups in total. The van der Waals surface area contributed by atoms with Crippen LogP contribution in [0.4, 0.5) is 26.3 Å². The Labute approximate surface area is 224 Å². The highest BCUT2D eigenvalue weighted by molar-refractivity contribution is 7.13. The highest BCUT2D eigenvalue weighted by Crippen LogP contribution is 2.57. The number of rotatable bonds is 4. The van der Waals surface area contributed by atoms with Crippen LogP contribution < -0.4 is 0 Å². The summed E-state index contributed by atoms with van der Waals surface area (Å²) < 4.78 is 86.2. The van der Waals surface area contributed by atoms with E-state index in [1.807, 2.05) is 13.1 Å². The molecule has 0 aliphatic carbocycles. The fraction of sp³-hybridized carbons (Fsp3) is 0.125. The third kappa shape index (κ3) is 4.76. The Hall–Kier alpha value is -3.84. The summed E-state index contributed by atoms with van der Waals surface area (Å²) in [5, 5.41) is 0.930. The van der Waals surface area contributed by atoms with Gasteiger partial charge in [-0.1, -0.05) is 110 Å². The number of allylic oxidation sites excluding steroid dienone is 2. The molecular weight excluding hydrogens is 526 g/mol. The van der Waals surface area contributed by atoms with Crippen LogP contribution in [0.5, 0.6) is 0 Å². The smallest absolute Gasteiger partial charge is 0.166 e. The highest BCUT2D eigenvalue weighted by atomic mass is 28.3. The first-order valence-electron chi connectivity index (χ1n) is 12.4. The van der Waals surface area contributed by atoms with Gasteiger partial charge in [-0.05, 0) is 55.9 Å². The van der Waals surface area contributed by atoms with Crippen LogP contribution in [0.1, 0.15) is 33.4 Å². The van der Waals surface area contributed by atoms with Crippen LogP contribution in [0.25, 0.3) is 21.5 Å². The van der Waals surface area contributed by atoms with E-state index in [0.717, 1.165) is 12.1 Å². The third-order valence-electron chi connectivity index (χ3n) is 7.13. The van der Waals surface area contributed by atoms with Crippen molar-refractivity contribution in [2.75, 3.05) is 0 Å². The van der Waals surface area contributed by atoms with Gasteiger partial charge in [0.15, 0.2) is 0 Å². The lowest BCUT2D eigenvalue weighted by molar-refractivity contribution is -0.138. The molecule has 0 spiro atoms. The molecule has 39 heavy (non-hydrogen) atoms. The van der Waals surface area contributed by atoms with Gasteiger partial charge in [-0.15, -0.1) is 0 Å². The summed E-state index contributed by atoms with van der Waals surface area (Å²) in [4.78, 5) is 0. The van der Waals surface area contributed by atoms with E-state index in [1.165, 1.54) is 24.3 Å². The number of hydrogen-bond donors (Lipinski definition) is 0. The molecule has 1 heterocycles. The van der Waals surface area contributed by atoms with E-state index < -0.39 is 31.6 Å². The number of halogens is 6. The molecule has 0 fully saturated rings. The van der Waals surface area contributed by atoms with Crippen molar-refractivity contribution in [3.05, 3.63) is 143 Å². The Morgan fingerprint density at radius 2 is 0.744 bits per heavy atom. The van der Waals surface area contributed by atoms with Gasteiger partial charge in [-0.25, -0.2) is 0 Å². The molecule has 0 radical (unpaired) electrons. The minimum atomic E-state index is -4.64. The Bertz CT molecular complexity index is 1460. The van der Waals surface area contributed by atoms with Crippen LogP contribution in [0.3, 0.4) is 0 Å². The first-order chi connectivity index (χ1) is 18.4. The van der Waals surface area contributed by atoms with Crippen molar-refractivity contribution in [2.45, 2.75) is 25.4 Å². The lowest BCUT2D eigenvalue weighted by atomic mass is 9.88. The predicted octanol–water partition coefficient (Wildman–Crippen LogP) is 10.0. The predicted molar refractivity (Wildman–Crippen MR) is 147 cm³/mol. The SMILES string of the molecule is C[Si]1(C)C(c2ccccc2C(F)(F)F)=C(c2ccccc2)C(c2ccccc2)=C1c1ccccc1C(F)(F)F. The molecule has 4 aromatic carbocycles. The van der Waals surface area contributed by atoms with E-state index in [2.05, 4.69) is 0 Å². The van der Waals surface area contributed by atoms with Crippen molar-refractivity contribution in [1.82, 2.24) is 0 Å². The Morgan fingerprint density at radius 1 is 0.436 bits per heavy atom. The Morgan fingerprint density at radius 3 is 1.08 bits per heavy atom. The second-order valence-electron chi connectivity index (χ2n) is 9.94. The summed E-state index contributed by atoms with van der Waals surface area (Å²) in [7, 11) is -3.23. The van der Waals surface area contributed by atoms with Gasteiger partial charge >= 0.3 is 12.4 Å². The van der Waals surface area contributed by atoms with E-state index >= 15 is 0 Å². The van der Waals surface area contributed by atoms with E-state index in [9.17, 15) is 26.3 Å². The van der Waals surface area contributed by atoms with Crippen LogP contribution in [0.15, 0.2) is 109 Å². The number of benzene rings is 4. The minimum Gasteiger partial charge on any atom is -0.166 e. The average Bonchev–Trinajstić information content (AvgIpc) is 3.15. The van der Waals surface area contributed by atoms with Gasteiger partial charge in [-0.2, -0.15) is 26.3 Å². The van der Waals surface area contributed by atoms with Crippen LogP contribution >= 0.6 is 0 Å². The van der Waals surface area contributed by atoms with Gasteiger partial charge < -0.3 is 0 Å². The van der Waals surface area contributed by atoms with Crippen molar-refractivity contribution in [3.8, 4) is 0 Å². The zero-order valence-electron chi connectivity index (χ0n) is 21.2. The summed E-state index contributed by atoms with van der Waals surface area (Å²) in [5.41, 5.74) is 0.816. The van der Waals surface area contributed by atoms with Gasteiger partial charge in [-0.3, -0.25) is 0 Å². The molecule has 1 aliphatic heterocycles. The van der Waals surface area contributed by atoms with E-state index in [4.69, 9.17) is 0 Å². The standard InChI is InChI=1S/C32H24F6Si/c1-39(2)29(23-17-9-11-19-25(23)31(33,34)35)27(21-13-5-3-6-14-21)28(22-15-7-4-8-16-22)30(39)24-18-10-12-20-26(24)32(36,37)38/h3-20H,1-2H3. The summed E-state index contributed by atoms with van der Waals surface area (Å²) in [5.74, 6) is 0. The van der Waals surface area contributed by atoms with E-state index in [-0.39, 0.29) is 11.1 Å². The second-order valence-corrected chi connectivity index (χ2v) is 14.2. The maximum absolute atomic E-state index is 14.4. The maximum Gasteiger partial charge on any atom is 0.416 e.